The van der Waals surface area contributed by atoms with Crippen LogP contribution in [-0.4, -0.2) is 44.2 Å². The first-order valence-corrected chi connectivity index (χ1v) is 10.8. The van der Waals surface area contributed by atoms with Gasteiger partial charge in [-0.25, -0.2) is 9.37 Å². The predicted molar refractivity (Wildman–Crippen MR) is 122 cm³/mol. The van der Waals surface area contributed by atoms with Crippen LogP contribution in [0.4, 0.5) is 15.9 Å². The van der Waals surface area contributed by atoms with Gasteiger partial charge in [0.1, 0.15) is 23.2 Å². The molecule has 2 aliphatic rings. The standard InChI is InChI=1S/C24H21FN6O3/c1-15-2-8-18(9-3-15)27-23-22(16-4-6-17(25)7-5-16)28-20-13-29(10-11-30(20)23)24(33)19-12-21(32)26-14-31(19)34/h2-9,12,27H,10-11,13-14H2,1H3/p+1. The summed E-state index contributed by atoms with van der Waals surface area (Å²) in [5.41, 5.74) is 3.17. The lowest BCUT2D eigenvalue weighted by Crippen LogP contribution is -2.44. The lowest BCUT2D eigenvalue weighted by atomic mass is 10.1. The number of carbonyl (C=O) groups is 2. The molecule has 9 nitrogen and oxygen atoms in total. The van der Waals surface area contributed by atoms with E-state index in [1.54, 1.807) is 12.1 Å². The van der Waals surface area contributed by atoms with Crippen molar-refractivity contribution in [2.24, 2.45) is 0 Å². The molecule has 0 bridgehead atoms. The Bertz CT molecular complexity index is 1330. The van der Waals surface area contributed by atoms with Gasteiger partial charge in [0, 0.05) is 29.2 Å². The van der Waals surface area contributed by atoms with Crippen LogP contribution in [0.5, 0.6) is 0 Å². The molecule has 2 amide bonds. The minimum Gasteiger partial charge on any atom is -0.340 e. The largest absolute Gasteiger partial charge is 0.340 e. The molecule has 3 heterocycles. The third-order valence-corrected chi connectivity index (χ3v) is 5.84. The summed E-state index contributed by atoms with van der Waals surface area (Å²) in [5.74, 6) is 0.0169. The number of aryl methyl sites for hydroxylation is 1. The Labute approximate surface area is 194 Å². The molecule has 3 aromatic rings. The van der Waals surface area contributed by atoms with Gasteiger partial charge in [-0.3, -0.25) is 14.9 Å². The zero-order chi connectivity index (χ0) is 23.8. The van der Waals surface area contributed by atoms with Gasteiger partial charge in [0.2, 0.25) is 0 Å². The van der Waals surface area contributed by atoms with E-state index in [2.05, 4.69) is 10.6 Å². The van der Waals surface area contributed by atoms with Crippen LogP contribution in [0.3, 0.4) is 0 Å². The second-order valence-corrected chi connectivity index (χ2v) is 8.21. The van der Waals surface area contributed by atoms with Gasteiger partial charge in [-0.2, -0.15) is 0 Å². The molecule has 2 N–H and O–H groups in total. The fourth-order valence-corrected chi connectivity index (χ4v) is 4.03. The number of aromatic nitrogens is 2. The smallest absolute Gasteiger partial charge is 0.328 e. The van der Waals surface area contributed by atoms with Crippen molar-refractivity contribution < 1.29 is 18.7 Å². The summed E-state index contributed by atoms with van der Waals surface area (Å²) in [7, 11) is 0. The van der Waals surface area contributed by atoms with Gasteiger partial charge in [-0.1, -0.05) is 17.7 Å². The quantitative estimate of drug-likeness (QED) is 0.582. The molecule has 2 aliphatic heterocycles. The van der Waals surface area contributed by atoms with E-state index >= 15 is 0 Å². The van der Waals surface area contributed by atoms with Crippen molar-refractivity contribution in [3.63, 3.8) is 0 Å². The third-order valence-electron chi connectivity index (χ3n) is 5.84. The Balaban J connectivity index is 1.50. The van der Waals surface area contributed by atoms with Gasteiger partial charge in [0.25, 0.3) is 12.6 Å². The van der Waals surface area contributed by atoms with Crippen molar-refractivity contribution in [1.82, 2.24) is 19.8 Å². The molecule has 0 aliphatic carbocycles. The molecule has 5 rings (SSSR count). The monoisotopic (exact) mass is 461 g/mol. The molecule has 172 valence electrons. The lowest BCUT2D eigenvalue weighted by Gasteiger charge is -2.28. The Morgan fingerprint density at radius 3 is 2.59 bits per heavy atom. The predicted octanol–water partition coefficient (Wildman–Crippen LogP) is 2.83. The number of benzene rings is 2. The van der Waals surface area contributed by atoms with Gasteiger partial charge >= 0.3 is 11.6 Å². The Hall–Kier alpha value is -4.34. The van der Waals surface area contributed by atoms with Crippen molar-refractivity contribution in [1.29, 1.82) is 0 Å². The minimum atomic E-state index is -0.518. The minimum absolute atomic E-state index is 0.162. The zero-order valence-electron chi connectivity index (χ0n) is 18.4. The molecule has 0 spiro atoms. The summed E-state index contributed by atoms with van der Waals surface area (Å²) in [6, 6.07) is 14.0. The van der Waals surface area contributed by atoms with E-state index in [0.29, 0.717) is 29.4 Å². The molecule has 0 saturated heterocycles. The van der Waals surface area contributed by atoms with Crippen LogP contribution in [0, 0.1) is 17.6 Å². The maximum absolute atomic E-state index is 13.5. The third kappa shape index (κ3) is 4.05. The van der Waals surface area contributed by atoms with Crippen molar-refractivity contribution in [3.05, 3.63) is 82.4 Å². The molecular formula is C24H22FN6O3+. The Kier molecular flexibility index (Phi) is 5.40. The highest BCUT2D eigenvalue weighted by atomic mass is 19.1. The number of anilines is 2. The SMILES string of the molecule is Cc1ccc(Nc2c(-c3ccc(F)cc3)nc3n2CCN(C(=O)C2=CC(=O)NC[N+]2=O)C3)cc1. The first-order chi connectivity index (χ1) is 16.4. The zero-order valence-corrected chi connectivity index (χ0v) is 18.4. The first-order valence-electron chi connectivity index (χ1n) is 10.8. The summed E-state index contributed by atoms with van der Waals surface area (Å²) >= 11 is 0. The van der Waals surface area contributed by atoms with Crippen molar-refractivity contribution in [2.45, 2.75) is 20.0 Å². The molecule has 0 radical (unpaired) electrons. The average molecular weight is 461 g/mol. The number of carbonyl (C=O) groups excluding carboxylic acids is 2. The first kappa shape index (κ1) is 21.5. The van der Waals surface area contributed by atoms with Crippen LogP contribution in [0.1, 0.15) is 11.4 Å². The number of imidazole rings is 1. The Morgan fingerprint density at radius 1 is 1.12 bits per heavy atom. The molecule has 1 aromatic heterocycles. The number of nitrogens with zero attached hydrogens (tertiary/aromatic N) is 4. The highest BCUT2D eigenvalue weighted by Crippen LogP contribution is 2.33. The second kappa shape index (κ2) is 8.54. The summed E-state index contributed by atoms with van der Waals surface area (Å²) in [6.07, 6.45) is 1.02. The van der Waals surface area contributed by atoms with E-state index in [1.807, 2.05) is 35.8 Å². The van der Waals surface area contributed by atoms with Gasteiger partial charge in [0.15, 0.2) is 0 Å². The van der Waals surface area contributed by atoms with E-state index in [4.69, 9.17) is 4.98 Å². The molecule has 34 heavy (non-hydrogen) atoms. The number of fused-ring (bicyclic) bond motifs is 1. The maximum Gasteiger partial charge on any atom is 0.328 e. The molecule has 0 saturated carbocycles. The molecular weight excluding hydrogens is 439 g/mol. The number of nitroso groups, excluding NO2 is 1. The summed E-state index contributed by atoms with van der Waals surface area (Å²) in [4.78, 5) is 43.0. The maximum atomic E-state index is 13.5. The molecule has 10 heteroatoms. The van der Waals surface area contributed by atoms with E-state index in [-0.39, 0.29) is 24.7 Å². The van der Waals surface area contributed by atoms with Gasteiger partial charge in [0.05, 0.1) is 17.4 Å². The second-order valence-electron chi connectivity index (χ2n) is 8.21. The van der Waals surface area contributed by atoms with Crippen LogP contribution in [0.15, 0.2) is 60.3 Å². The molecule has 0 atom stereocenters. The summed E-state index contributed by atoms with van der Waals surface area (Å²) < 4.78 is 16.0. The highest BCUT2D eigenvalue weighted by molar-refractivity contribution is 5.99. The number of hydrogen-bond donors (Lipinski definition) is 2. The lowest BCUT2D eigenvalue weighted by molar-refractivity contribution is -0.499. The van der Waals surface area contributed by atoms with Crippen LogP contribution in [-0.2, 0) is 22.7 Å². The topological polar surface area (TPSA) is 99.3 Å². The number of rotatable bonds is 4. The summed E-state index contributed by atoms with van der Waals surface area (Å²) in [5, 5.41) is 5.79. The number of halogens is 1. The normalized spacial score (nSPS) is 15.5. The average Bonchev–Trinajstić information content (AvgIpc) is 3.19. The van der Waals surface area contributed by atoms with E-state index in [9.17, 15) is 18.9 Å². The van der Waals surface area contributed by atoms with E-state index in [0.717, 1.165) is 28.7 Å². The van der Waals surface area contributed by atoms with Gasteiger partial charge in [-0.15, -0.1) is 0 Å². The van der Waals surface area contributed by atoms with Crippen LogP contribution in [0.2, 0.25) is 0 Å². The van der Waals surface area contributed by atoms with E-state index < -0.39 is 11.8 Å². The Morgan fingerprint density at radius 2 is 1.85 bits per heavy atom. The molecule has 0 fully saturated rings. The molecule has 2 aromatic carbocycles. The van der Waals surface area contributed by atoms with Crippen LogP contribution in [0.25, 0.3) is 11.3 Å². The van der Waals surface area contributed by atoms with Crippen molar-refractivity contribution >= 4 is 23.3 Å². The number of amides is 2. The number of nitrogens with one attached hydrogen (secondary N) is 2. The van der Waals surface area contributed by atoms with Crippen LogP contribution >= 0.6 is 0 Å². The fourth-order valence-electron chi connectivity index (χ4n) is 4.03. The van der Waals surface area contributed by atoms with Crippen LogP contribution < -0.4 is 10.6 Å². The summed E-state index contributed by atoms with van der Waals surface area (Å²) in [6.45, 7) is 2.67. The molecule has 0 unspecified atom stereocenters. The fraction of sp³-hybridized carbons (Fsp3) is 0.208. The van der Waals surface area contributed by atoms with Crippen molar-refractivity contribution in [2.75, 3.05) is 18.5 Å². The number of hydrogen-bond acceptors (Lipinski definition) is 5. The van der Waals surface area contributed by atoms with E-state index in [1.165, 1.54) is 17.0 Å². The van der Waals surface area contributed by atoms with Gasteiger partial charge in [-0.05, 0) is 43.3 Å². The van der Waals surface area contributed by atoms with Gasteiger partial charge < -0.3 is 14.8 Å². The highest BCUT2D eigenvalue weighted by Gasteiger charge is 2.37. The van der Waals surface area contributed by atoms with Crippen molar-refractivity contribution in [3.8, 4) is 11.3 Å².